The first kappa shape index (κ1) is 15.4. The average Bonchev–Trinajstić information content (AvgIpc) is 2.44. The third kappa shape index (κ3) is 3.79. The number of nitrogens with zero attached hydrogens (tertiary/aromatic N) is 1. The van der Waals surface area contributed by atoms with Gasteiger partial charge in [-0.15, -0.1) is 0 Å². The maximum atomic E-state index is 12.3. The number of pyridine rings is 1. The second-order valence-corrected chi connectivity index (χ2v) is 6.40. The normalized spacial score (nSPS) is 17.8. The summed E-state index contributed by atoms with van der Waals surface area (Å²) < 4.78 is 0.814. The molecule has 0 atom stereocenters. The lowest BCUT2D eigenvalue weighted by Crippen LogP contribution is -2.47. The van der Waals surface area contributed by atoms with Crippen LogP contribution in [0.5, 0.6) is 0 Å². The molecule has 0 radical (unpaired) electrons. The van der Waals surface area contributed by atoms with Gasteiger partial charge in [0.25, 0.3) is 0 Å². The molecule has 5 heteroatoms. The molecular weight excluding hydrogens is 318 g/mol. The third-order valence-corrected chi connectivity index (χ3v) is 4.97. The van der Waals surface area contributed by atoms with E-state index in [1.165, 1.54) is 19.3 Å². The number of aryl methyl sites for hydroxylation is 1. The fourth-order valence-corrected chi connectivity index (χ4v) is 3.10. The van der Waals surface area contributed by atoms with Gasteiger partial charge >= 0.3 is 0 Å². The highest BCUT2D eigenvalue weighted by molar-refractivity contribution is 9.10. The Hall–Kier alpha value is -0.940. The lowest BCUT2D eigenvalue weighted by Gasteiger charge is -2.36. The minimum Gasteiger partial charge on any atom is -0.325 e. The molecule has 0 bridgehead atoms. The molecule has 4 nitrogen and oxygen atoms in total. The zero-order valence-corrected chi connectivity index (χ0v) is 13.7. The standard InChI is InChI=1S/C15H22BrN3O/c1-11-8-12(10-18-14(11)16)19-13(20)9-15(17-2)6-4-3-5-7-15/h8,10,17H,3-7,9H2,1-2H3,(H,19,20). The first-order valence-electron chi connectivity index (χ1n) is 7.16. The van der Waals surface area contributed by atoms with Gasteiger partial charge in [0.2, 0.25) is 5.91 Å². The Morgan fingerprint density at radius 2 is 2.10 bits per heavy atom. The van der Waals surface area contributed by atoms with Gasteiger partial charge in [-0.05, 0) is 54.4 Å². The molecule has 2 rings (SSSR count). The molecule has 1 aromatic rings. The summed E-state index contributed by atoms with van der Waals surface area (Å²) in [6.07, 6.45) is 8.05. The van der Waals surface area contributed by atoms with Crippen molar-refractivity contribution in [2.24, 2.45) is 0 Å². The lowest BCUT2D eigenvalue weighted by molar-refractivity contribution is -0.117. The summed E-state index contributed by atoms with van der Waals surface area (Å²) >= 11 is 3.36. The molecule has 1 saturated carbocycles. The summed E-state index contributed by atoms with van der Waals surface area (Å²) in [7, 11) is 1.96. The van der Waals surface area contributed by atoms with E-state index in [1.54, 1.807) is 6.20 Å². The van der Waals surface area contributed by atoms with Gasteiger partial charge < -0.3 is 10.6 Å². The van der Waals surface area contributed by atoms with Gasteiger partial charge in [0.15, 0.2) is 0 Å². The lowest BCUT2D eigenvalue weighted by atomic mass is 9.79. The quantitative estimate of drug-likeness (QED) is 0.826. The predicted molar refractivity (Wildman–Crippen MR) is 84.8 cm³/mol. The van der Waals surface area contributed by atoms with Gasteiger partial charge in [-0.2, -0.15) is 0 Å². The maximum Gasteiger partial charge on any atom is 0.226 e. The summed E-state index contributed by atoms with van der Waals surface area (Å²) in [5.74, 6) is 0.0600. The zero-order valence-electron chi connectivity index (χ0n) is 12.1. The molecule has 0 saturated heterocycles. The van der Waals surface area contributed by atoms with E-state index in [1.807, 2.05) is 20.0 Å². The number of nitrogens with one attached hydrogen (secondary N) is 2. The molecule has 1 aliphatic carbocycles. The van der Waals surface area contributed by atoms with Crippen molar-refractivity contribution in [2.75, 3.05) is 12.4 Å². The number of halogens is 1. The van der Waals surface area contributed by atoms with Crippen LogP contribution in [0.3, 0.4) is 0 Å². The number of aromatic nitrogens is 1. The maximum absolute atomic E-state index is 12.3. The van der Waals surface area contributed by atoms with Crippen molar-refractivity contribution in [2.45, 2.75) is 51.0 Å². The molecule has 0 spiro atoms. The van der Waals surface area contributed by atoms with Crippen molar-refractivity contribution in [1.29, 1.82) is 0 Å². The van der Waals surface area contributed by atoms with Gasteiger partial charge in [0.1, 0.15) is 4.60 Å². The van der Waals surface area contributed by atoms with Crippen LogP contribution in [0.4, 0.5) is 5.69 Å². The van der Waals surface area contributed by atoms with Crippen LogP contribution in [-0.2, 0) is 4.79 Å². The summed E-state index contributed by atoms with van der Waals surface area (Å²) in [6, 6.07) is 1.93. The van der Waals surface area contributed by atoms with Gasteiger partial charge in [-0.3, -0.25) is 4.79 Å². The van der Waals surface area contributed by atoms with Crippen LogP contribution >= 0.6 is 15.9 Å². The fourth-order valence-electron chi connectivity index (χ4n) is 2.88. The van der Waals surface area contributed by atoms with Crippen LogP contribution in [0.15, 0.2) is 16.9 Å². The summed E-state index contributed by atoms with van der Waals surface area (Å²) in [4.78, 5) is 16.5. The summed E-state index contributed by atoms with van der Waals surface area (Å²) in [5.41, 5.74) is 1.75. The number of amides is 1. The van der Waals surface area contributed by atoms with Gasteiger partial charge in [-0.25, -0.2) is 4.98 Å². The van der Waals surface area contributed by atoms with Crippen LogP contribution < -0.4 is 10.6 Å². The molecule has 110 valence electrons. The Morgan fingerprint density at radius 1 is 1.40 bits per heavy atom. The summed E-state index contributed by atoms with van der Waals surface area (Å²) in [5, 5.41) is 6.32. The van der Waals surface area contributed by atoms with Crippen molar-refractivity contribution in [3.05, 3.63) is 22.4 Å². The van der Waals surface area contributed by atoms with E-state index in [-0.39, 0.29) is 11.4 Å². The highest BCUT2D eigenvalue weighted by Crippen LogP contribution is 2.31. The number of rotatable bonds is 4. The number of anilines is 1. The molecule has 0 aromatic carbocycles. The van der Waals surface area contributed by atoms with Crippen molar-refractivity contribution in [3.63, 3.8) is 0 Å². The largest absolute Gasteiger partial charge is 0.325 e. The van der Waals surface area contributed by atoms with E-state index in [0.717, 1.165) is 28.7 Å². The van der Waals surface area contributed by atoms with E-state index < -0.39 is 0 Å². The predicted octanol–water partition coefficient (Wildman–Crippen LogP) is 3.40. The smallest absolute Gasteiger partial charge is 0.226 e. The first-order valence-corrected chi connectivity index (χ1v) is 7.95. The van der Waals surface area contributed by atoms with Gasteiger partial charge in [0, 0.05) is 12.0 Å². The molecule has 2 N–H and O–H groups in total. The Labute approximate surface area is 128 Å². The third-order valence-electron chi connectivity index (χ3n) is 4.14. The van der Waals surface area contributed by atoms with E-state index in [0.29, 0.717) is 6.42 Å². The van der Waals surface area contributed by atoms with Gasteiger partial charge in [0.05, 0.1) is 11.9 Å². The minimum atomic E-state index is -0.0276. The van der Waals surface area contributed by atoms with Crippen molar-refractivity contribution < 1.29 is 4.79 Å². The molecule has 0 aliphatic heterocycles. The van der Waals surface area contributed by atoms with E-state index in [4.69, 9.17) is 0 Å². The Bertz CT molecular complexity index is 484. The molecule has 20 heavy (non-hydrogen) atoms. The van der Waals surface area contributed by atoms with Crippen LogP contribution in [0.1, 0.15) is 44.1 Å². The second-order valence-electron chi connectivity index (χ2n) is 5.65. The van der Waals surface area contributed by atoms with Crippen molar-refractivity contribution in [3.8, 4) is 0 Å². The molecular formula is C15H22BrN3O. The molecule has 1 aliphatic rings. The first-order chi connectivity index (χ1) is 9.54. The van der Waals surface area contributed by atoms with E-state index in [2.05, 4.69) is 31.5 Å². The van der Waals surface area contributed by atoms with Crippen LogP contribution in [0, 0.1) is 6.92 Å². The van der Waals surface area contributed by atoms with E-state index in [9.17, 15) is 4.79 Å². The van der Waals surface area contributed by atoms with Crippen LogP contribution in [-0.4, -0.2) is 23.5 Å². The number of hydrogen-bond donors (Lipinski definition) is 2. The van der Waals surface area contributed by atoms with E-state index >= 15 is 0 Å². The number of carbonyl (C=O) groups excluding carboxylic acids is 1. The van der Waals surface area contributed by atoms with Crippen LogP contribution in [0.2, 0.25) is 0 Å². The monoisotopic (exact) mass is 339 g/mol. The minimum absolute atomic E-state index is 0.0276. The highest BCUT2D eigenvalue weighted by atomic mass is 79.9. The van der Waals surface area contributed by atoms with Crippen LogP contribution in [0.25, 0.3) is 0 Å². The molecule has 1 heterocycles. The second kappa shape index (κ2) is 6.68. The van der Waals surface area contributed by atoms with Crippen molar-refractivity contribution >= 4 is 27.5 Å². The number of carbonyl (C=O) groups is 1. The molecule has 1 fully saturated rings. The summed E-state index contributed by atoms with van der Waals surface area (Å²) in [6.45, 7) is 1.96. The molecule has 0 unspecified atom stereocenters. The SMILES string of the molecule is CNC1(CC(=O)Nc2cnc(Br)c(C)c2)CCCCC1. The average molecular weight is 340 g/mol. The number of hydrogen-bond acceptors (Lipinski definition) is 3. The zero-order chi connectivity index (χ0) is 14.6. The fraction of sp³-hybridized carbons (Fsp3) is 0.600. The molecule has 1 aromatic heterocycles. The Balaban J connectivity index is 1.98. The molecule has 1 amide bonds. The topological polar surface area (TPSA) is 54.0 Å². The van der Waals surface area contributed by atoms with Gasteiger partial charge in [-0.1, -0.05) is 19.3 Å². The Morgan fingerprint density at radius 3 is 2.70 bits per heavy atom. The Kier molecular flexibility index (Phi) is 5.16. The van der Waals surface area contributed by atoms with Crippen molar-refractivity contribution in [1.82, 2.24) is 10.3 Å². The highest BCUT2D eigenvalue weighted by Gasteiger charge is 2.32.